The number of hydrogen-bond donors (Lipinski definition) is 1. The molecule has 6 heteroatoms. The minimum atomic E-state index is -0.605. The minimum Gasteiger partial charge on any atom is -0.375 e. The van der Waals surface area contributed by atoms with Crippen LogP contribution in [0.3, 0.4) is 0 Å². The molecule has 2 N–H and O–H groups in total. The van der Waals surface area contributed by atoms with E-state index in [1.54, 1.807) is 0 Å². The van der Waals surface area contributed by atoms with Gasteiger partial charge in [0.2, 0.25) is 5.78 Å². The highest BCUT2D eigenvalue weighted by Crippen LogP contribution is 2.42. The molecule has 0 fully saturated rings. The van der Waals surface area contributed by atoms with E-state index in [-0.39, 0.29) is 5.78 Å². The Hall–Kier alpha value is 0.0600. The van der Waals surface area contributed by atoms with Gasteiger partial charge >= 0.3 is 0 Å². The Labute approximate surface area is 96.0 Å². The van der Waals surface area contributed by atoms with E-state index >= 15 is 0 Å². The van der Waals surface area contributed by atoms with Crippen LogP contribution in [0.15, 0.2) is 0 Å². The van der Waals surface area contributed by atoms with E-state index in [9.17, 15) is 4.79 Å². The molecule has 0 aliphatic heterocycles. The quantitative estimate of drug-likeness (QED) is 0.745. The number of alkyl halides is 2. The summed E-state index contributed by atoms with van der Waals surface area (Å²) >= 11 is 7.94. The highest BCUT2D eigenvalue weighted by atomic mass is 79.9. The van der Waals surface area contributed by atoms with E-state index in [1.807, 2.05) is 0 Å². The maximum Gasteiger partial charge on any atom is 0.202 e. The van der Waals surface area contributed by atoms with Gasteiger partial charge in [-0.3, -0.25) is 4.79 Å². The van der Waals surface area contributed by atoms with Crippen molar-refractivity contribution in [2.45, 2.75) is 16.1 Å². The number of nitrogen functional groups attached to an aromatic ring is 1. The summed E-state index contributed by atoms with van der Waals surface area (Å²) in [6.07, 6.45) is 1.49. The highest BCUT2D eigenvalue weighted by molar-refractivity contribution is 9.26. The minimum absolute atomic E-state index is 0.0305. The molecular weight excluding hydrogens is 320 g/mol. The Morgan fingerprint density at radius 2 is 2.23 bits per heavy atom. The number of aryl methyl sites for hydroxylation is 1. The Balaban J connectivity index is 2.51. The molecule has 0 bridgehead atoms. The number of rotatable bonds is 0. The first-order valence-electron chi connectivity index (χ1n) is 3.68. The van der Waals surface area contributed by atoms with Crippen molar-refractivity contribution in [1.82, 2.24) is 4.98 Å². The van der Waals surface area contributed by atoms with E-state index in [0.29, 0.717) is 16.4 Å². The van der Waals surface area contributed by atoms with Crippen LogP contribution in [0.5, 0.6) is 0 Å². The van der Waals surface area contributed by atoms with E-state index < -0.39 is 3.23 Å². The fourth-order valence-corrected chi connectivity index (χ4v) is 3.22. The van der Waals surface area contributed by atoms with Crippen molar-refractivity contribution < 1.29 is 4.79 Å². The highest BCUT2D eigenvalue weighted by Gasteiger charge is 2.40. The molecule has 3 nitrogen and oxygen atoms in total. The fraction of sp³-hybridized carbons (Fsp3) is 0.429. The van der Waals surface area contributed by atoms with Crippen LogP contribution in [0.1, 0.15) is 21.8 Å². The predicted octanol–water partition coefficient (Wildman–Crippen LogP) is 2.34. The number of Topliss-reactive ketones (excluding diaryl/α,β-unsaturated/α-hetero) is 1. The number of aromatic nitrogens is 1. The number of nitrogens with two attached hydrogens (primary N) is 1. The van der Waals surface area contributed by atoms with Crippen LogP contribution in [-0.2, 0) is 6.42 Å². The van der Waals surface area contributed by atoms with E-state index in [2.05, 4.69) is 36.8 Å². The van der Waals surface area contributed by atoms with E-state index in [1.165, 1.54) is 11.3 Å². The molecule has 0 unspecified atom stereocenters. The SMILES string of the molecule is Nc1nc2c(s1)C(=O)C(Br)(Br)CC2. The van der Waals surface area contributed by atoms with Crippen LogP contribution in [-0.4, -0.2) is 14.0 Å². The number of carbonyl (C=O) groups excluding carboxylic acids is 1. The molecule has 0 atom stereocenters. The number of ketones is 1. The van der Waals surface area contributed by atoms with Crippen LogP contribution in [0.25, 0.3) is 0 Å². The van der Waals surface area contributed by atoms with Crippen molar-refractivity contribution in [2.24, 2.45) is 0 Å². The van der Waals surface area contributed by atoms with Crippen LogP contribution in [0.4, 0.5) is 5.13 Å². The molecule has 0 radical (unpaired) electrons. The molecule has 1 aromatic rings. The van der Waals surface area contributed by atoms with Gasteiger partial charge in [0, 0.05) is 0 Å². The van der Waals surface area contributed by atoms with Gasteiger partial charge in [-0.2, -0.15) is 0 Å². The topological polar surface area (TPSA) is 56.0 Å². The lowest BCUT2D eigenvalue weighted by molar-refractivity contribution is 0.0976. The van der Waals surface area contributed by atoms with Crippen molar-refractivity contribution in [3.05, 3.63) is 10.6 Å². The second-order valence-electron chi connectivity index (χ2n) is 2.86. The number of carbonyl (C=O) groups is 1. The molecule has 0 spiro atoms. The second-order valence-corrected chi connectivity index (χ2v) is 7.66. The summed E-state index contributed by atoms with van der Waals surface area (Å²) in [7, 11) is 0. The maximum atomic E-state index is 11.8. The molecule has 13 heavy (non-hydrogen) atoms. The predicted molar refractivity (Wildman–Crippen MR) is 59.8 cm³/mol. The summed E-state index contributed by atoms with van der Waals surface area (Å²) in [5, 5.41) is 0.469. The smallest absolute Gasteiger partial charge is 0.202 e. The molecule has 0 saturated carbocycles. The molecule has 2 rings (SSSR count). The lowest BCUT2D eigenvalue weighted by Gasteiger charge is -2.22. The third-order valence-electron chi connectivity index (χ3n) is 1.93. The fourth-order valence-electron chi connectivity index (χ4n) is 1.27. The summed E-state index contributed by atoms with van der Waals surface area (Å²) in [4.78, 5) is 16.6. The summed E-state index contributed by atoms with van der Waals surface area (Å²) in [6, 6.07) is 0. The van der Waals surface area contributed by atoms with Gasteiger partial charge in [0.15, 0.2) is 5.13 Å². The molecule has 0 saturated heterocycles. The number of fused-ring (bicyclic) bond motifs is 1. The lowest BCUT2D eigenvalue weighted by atomic mass is 10.0. The molecule has 70 valence electrons. The summed E-state index contributed by atoms with van der Waals surface area (Å²) < 4.78 is -0.605. The molecular formula is C7H6Br2N2OS. The van der Waals surface area contributed by atoms with Crippen LogP contribution in [0.2, 0.25) is 0 Å². The van der Waals surface area contributed by atoms with Gasteiger partial charge in [-0.1, -0.05) is 43.2 Å². The Kier molecular flexibility index (Phi) is 2.24. The largest absolute Gasteiger partial charge is 0.375 e. The third kappa shape index (κ3) is 1.55. The monoisotopic (exact) mass is 324 g/mol. The van der Waals surface area contributed by atoms with Crippen LogP contribution >= 0.6 is 43.2 Å². The van der Waals surface area contributed by atoms with Gasteiger partial charge in [-0.15, -0.1) is 0 Å². The normalized spacial score (nSPS) is 20.0. The number of anilines is 1. The molecule has 0 aromatic carbocycles. The van der Waals surface area contributed by atoms with Crippen molar-refractivity contribution in [2.75, 3.05) is 5.73 Å². The Bertz CT molecular complexity index is 375. The average Bonchev–Trinajstić information content (AvgIpc) is 2.40. The first kappa shape index (κ1) is 9.61. The zero-order chi connectivity index (χ0) is 9.64. The second kappa shape index (κ2) is 3.03. The number of halogens is 2. The average molecular weight is 326 g/mol. The molecule has 1 heterocycles. The van der Waals surface area contributed by atoms with Crippen molar-refractivity contribution in [1.29, 1.82) is 0 Å². The lowest BCUT2D eigenvalue weighted by Crippen LogP contribution is -2.29. The van der Waals surface area contributed by atoms with Gasteiger partial charge in [0.1, 0.15) is 3.23 Å². The first-order valence-corrected chi connectivity index (χ1v) is 6.09. The van der Waals surface area contributed by atoms with Gasteiger partial charge in [-0.25, -0.2) is 4.98 Å². The van der Waals surface area contributed by atoms with E-state index in [0.717, 1.165) is 12.1 Å². The van der Waals surface area contributed by atoms with Crippen molar-refractivity contribution in [3.8, 4) is 0 Å². The van der Waals surface area contributed by atoms with Crippen molar-refractivity contribution >= 4 is 54.1 Å². The van der Waals surface area contributed by atoms with Gasteiger partial charge in [-0.05, 0) is 12.8 Å². The number of nitrogens with zero attached hydrogens (tertiary/aromatic N) is 1. The van der Waals surface area contributed by atoms with Gasteiger partial charge in [0.25, 0.3) is 0 Å². The molecule has 1 aliphatic carbocycles. The summed E-state index contributed by atoms with van der Waals surface area (Å²) in [5.41, 5.74) is 6.37. The zero-order valence-electron chi connectivity index (χ0n) is 6.51. The first-order chi connectivity index (χ1) is 6.00. The molecule has 1 aliphatic rings. The maximum absolute atomic E-state index is 11.8. The summed E-state index contributed by atoms with van der Waals surface area (Å²) in [6.45, 7) is 0. The van der Waals surface area contributed by atoms with Crippen molar-refractivity contribution in [3.63, 3.8) is 0 Å². The Morgan fingerprint density at radius 1 is 1.54 bits per heavy atom. The molecule has 1 aromatic heterocycles. The number of hydrogen-bond acceptors (Lipinski definition) is 4. The Morgan fingerprint density at radius 3 is 2.92 bits per heavy atom. The van der Waals surface area contributed by atoms with Gasteiger partial charge in [0.05, 0.1) is 10.6 Å². The standard InChI is InChI=1S/C7H6Br2N2OS/c8-7(9)2-1-3-4(5(7)12)13-6(10)11-3/h1-2H2,(H2,10,11). The summed E-state index contributed by atoms with van der Waals surface area (Å²) in [5.74, 6) is 0.0305. The van der Waals surface area contributed by atoms with E-state index in [4.69, 9.17) is 5.73 Å². The molecule has 0 amide bonds. The number of thiazole rings is 1. The van der Waals surface area contributed by atoms with Crippen LogP contribution < -0.4 is 5.73 Å². The third-order valence-corrected chi connectivity index (χ3v) is 4.37. The van der Waals surface area contributed by atoms with Gasteiger partial charge < -0.3 is 5.73 Å². The van der Waals surface area contributed by atoms with Crippen LogP contribution in [0, 0.1) is 0 Å². The zero-order valence-corrected chi connectivity index (χ0v) is 10.5.